The Morgan fingerprint density at radius 3 is 2.90 bits per heavy atom. The lowest BCUT2D eigenvalue weighted by Gasteiger charge is -2.12. The molecule has 0 saturated carbocycles. The minimum Gasteiger partial charge on any atom is -0.504 e. The zero-order valence-electron chi connectivity index (χ0n) is 11.6. The van der Waals surface area contributed by atoms with Crippen LogP contribution in [0.4, 0.5) is 5.69 Å². The van der Waals surface area contributed by atoms with Crippen molar-refractivity contribution in [3.8, 4) is 11.5 Å². The Kier molecular flexibility index (Phi) is 4.79. The molecule has 3 N–H and O–H groups in total. The van der Waals surface area contributed by atoms with Gasteiger partial charge < -0.3 is 20.3 Å². The zero-order chi connectivity index (χ0) is 15.2. The summed E-state index contributed by atoms with van der Waals surface area (Å²) in [6, 6.07) is 4.87. The fourth-order valence-corrected chi connectivity index (χ4v) is 2.00. The second kappa shape index (κ2) is 6.76. The number of ether oxygens (including phenoxy) is 1. The van der Waals surface area contributed by atoms with Crippen molar-refractivity contribution in [1.82, 2.24) is 0 Å². The van der Waals surface area contributed by atoms with Crippen LogP contribution in [0, 0.1) is 0 Å². The monoisotopic (exact) mass is 287 g/mol. The first-order chi connectivity index (χ1) is 10.1. The van der Waals surface area contributed by atoms with E-state index in [1.165, 1.54) is 13.2 Å². The lowest BCUT2D eigenvalue weighted by molar-refractivity contribution is -0.104. The van der Waals surface area contributed by atoms with Crippen molar-refractivity contribution in [2.45, 2.75) is 12.5 Å². The SMILES string of the molecule is COc1cc(N/C=C\C2=CC(O)CC=C2C=O)ccc1O. The summed E-state index contributed by atoms with van der Waals surface area (Å²) in [5, 5.41) is 22.1. The lowest BCUT2D eigenvalue weighted by Crippen LogP contribution is -2.08. The summed E-state index contributed by atoms with van der Waals surface area (Å²) in [5.74, 6) is 0.436. The summed E-state index contributed by atoms with van der Waals surface area (Å²) in [7, 11) is 1.48. The van der Waals surface area contributed by atoms with E-state index in [2.05, 4.69) is 5.32 Å². The first-order valence-corrected chi connectivity index (χ1v) is 6.49. The van der Waals surface area contributed by atoms with Crippen molar-refractivity contribution in [3.05, 3.63) is 53.8 Å². The maximum absolute atomic E-state index is 10.9. The van der Waals surface area contributed by atoms with Gasteiger partial charge in [0.1, 0.15) is 6.29 Å². The molecule has 5 heteroatoms. The molecular weight excluding hydrogens is 270 g/mol. The van der Waals surface area contributed by atoms with Crippen LogP contribution in [0.1, 0.15) is 6.42 Å². The molecule has 21 heavy (non-hydrogen) atoms. The number of nitrogens with one attached hydrogen (secondary N) is 1. The van der Waals surface area contributed by atoms with Gasteiger partial charge >= 0.3 is 0 Å². The van der Waals surface area contributed by atoms with Gasteiger partial charge in [0.15, 0.2) is 11.5 Å². The number of hydrogen-bond acceptors (Lipinski definition) is 5. The third kappa shape index (κ3) is 3.73. The fraction of sp³-hybridized carbons (Fsp3) is 0.188. The number of hydrogen-bond donors (Lipinski definition) is 3. The second-order valence-corrected chi connectivity index (χ2v) is 4.57. The number of carbonyl (C=O) groups excluding carboxylic acids is 1. The van der Waals surface area contributed by atoms with Crippen LogP contribution in [-0.4, -0.2) is 29.7 Å². The van der Waals surface area contributed by atoms with E-state index in [9.17, 15) is 15.0 Å². The number of phenolic OH excluding ortho intramolecular Hbond substituents is 1. The molecule has 0 bridgehead atoms. The Hall–Kier alpha value is -2.53. The number of phenols is 1. The maximum Gasteiger partial charge on any atom is 0.162 e. The van der Waals surface area contributed by atoms with E-state index >= 15 is 0 Å². The first-order valence-electron chi connectivity index (χ1n) is 6.49. The third-order valence-electron chi connectivity index (χ3n) is 3.10. The quantitative estimate of drug-likeness (QED) is 0.571. The number of rotatable bonds is 5. The number of benzene rings is 1. The van der Waals surface area contributed by atoms with Crippen molar-refractivity contribution in [1.29, 1.82) is 0 Å². The molecule has 1 aromatic carbocycles. The largest absolute Gasteiger partial charge is 0.504 e. The molecule has 1 aliphatic rings. The summed E-state index contributed by atoms with van der Waals surface area (Å²) in [5.41, 5.74) is 1.96. The van der Waals surface area contributed by atoms with Crippen LogP contribution < -0.4 is 10.1 Å². The van der Waals surface area contributed by atoms with Gasteiger partial charge in [-0.1, -0.05) is 6.08 Å². The van der Waals surface area contributed by atoms with Crippen LogP contribution in [0.2, 0.25) is 0 Å². The summed E-state index contributed by atoms with van der Waals surface area (Å²) in [6.07, 6.45) is 7.37. The van der Waals surface area contributed by atoms with E-state index in [4.69, 9.17) is 4.74 Å². The van der Waals surface area contributed by atoms with Crippen LogP contribution in [0.5, 0.6) is 11.5 Å². The topological polar surface area (TPSA) is 78.8 Å². The smallest absolute Gasteiger partial charge is 0.162 e. The molecule has 0 heterocycles. The van der Waals surface area contributed by atoms with E-state index in [-0.39, 0.29) is 5.75 Å². The Morgan fingerprint density at radius 2 is 2.19 bits per heavy atom. The van der Waals surface area contributed by atoms with Gasteiger partial charge in [0.2, 0.25) is 0 Å². The highest BCUT2D eigenvalue weighted by Crippen LogP contribution is 2.28. The Morgan fingerprint density at radius 1 is 1.38 bits per heavy atom. The molecule has 0 aromatic heterocycles. The molecule has 1 aromatic rings. The average molecular weight is 287 g/mol. The molecule has 1 unspecified atom stereocenters. The molecule has 1 aliphatic carbocycles. The summed E-state index contributed by atoms with van der Waals surface area (Å²) in [6.45, 7) is 0. The summed E-state index contributed by atoms with van der Waals surface area (Å²) in [4.78, 5) is 10.9. The Bertz CT molecular complexity index is 617. The molecule has 0 saturated heterocycles. The van der Waals surface area contributed by atoms with Gasteiger partial charge in [0.05, 0.1) is 13.2 Å². The van der Waals surface area contributed by atoms with Gasteiger partial charge in [-0.15, -0.1) is 0 Å². The maximum atomic E-state index is 10.9. The minimum atomic E-state index is -0.567. The van der Waals surface area contributed by atoms with E-state index in [1.54, 1.807) is 36.6 Å². The van der Waals surface area contributed by atoms with Crippen molar-refractivity contribution >= 4 is 12.0 Å². The highest BCUT2D eigenvalue weighted by atomic mass is 16.5. The first kappa shape index (κ1) is 14.9. The molecule has 5 nitrogen and oxygen atoms in total. The third-order valence-corrected chi connectivity index (χ3v) is 3.10. The Balaban J connectivity index is 2.08. The molecule has 0 fully saturated rings. The van der Waals surface area contributed by atoms with Crippen molar-refractivity contribution in [2.24, 2.45) is 0 Å². The Labute approximate surface area is 122 Å². The van der Waals surface area contributed by atoms with Crippen LogP contribution in [0.25, 0.3) is 0 Å². The zero-order valence-corrected chi connectivity index (χ0v) is 11.6. The number of allylic oxidation sites excluding steroid dienone is 3. The van der Waals surface area contributed by atoms with E-state index in [1.807, 2.05) is 0 Å². The highest BCUT2D eigenvalue weighted by Gasteiger charge is 2.10. The number of methoxy groups -OCH3 is 1. The van der Waals surface area contributed by atoms with Crippen molar-refractivity contribution < 1.29 is 19.7 Å². The van der Waals surface area contributed by atoms with Gasteiger partial charge in [-0.05, 0) is 36.3 Å². The number of aromatic hydroxyl groups is 1. The van der Waals surface area contributed by atoms with Crippen LogP contribution in [-0.2, 0) is 4.79 Å². The molecule has 1 atom stereocenters. The number of carbonyl (C=O) groups is 1. The minimum absolute atomic E-state index is 0.0660. The molecule has 0 radical (unpaired) electrons. The van der Waals surface area contributed by atoms with Gasteiger partial charge in [-0.2, -0.15) is 0 Å². The standard InChI is InChI=1S/C16H17NO4/c1-21-16-9-13(3-5-15(16)20)17-7-6-11-8-14(19)4-2-12(11)10-18/h2-3,5-10,14,17,19-20H,4H2,1H3/b7-6-. The number of anilines is 1. The van der Waals surface area contributed by atoms with Gasteiger partial charge in [0.25, 0.3) is 0 Å². The molecule has 0 spiro atoms. The average Bonchev–Trinajstić information content (AvgIpc) is 2.49. The molecule has 0 amide bonds. The number of aliphatic hydroxyl groups excluding tert-OH is 1. The summed E-state index contributed by atoms with van der Waals surface area (Å²) >= 11 is 0. The lowest BCUT2D eigenvalue weighted by atomic mass is 9.97. The molecule has 0 aliphatic heterocycles. The molecule has 2 rings (SSSR count). The fourth-order valence-electron chi connectivity index (χ4n) is 2.00. The number of aliphatic hydroxyl groups is 1. The number of aldehydes is 1. The molecular formula is C16H17NO4. The van der Waals surface area contributed by atoms with Gasteiger partial charge in [-0.25, -0.2) is 0 Å². The predicted octanol–water partition coefficient (Wildman–Crippen LogP) is 2.14. The normalized spacial score (nSPS) is 18.1. The van der Waals surface area contributed by atoms with Crippen LogP contribution in [0.3, 0.4) is 0 Å². The highest BCUT2D eigenvalue weighted by molar-refractivity contribution is 5.82. The van der Waals surface area contributed by atoms with Crippen LogP contribution in [0.15, 0.2) is 53.8 Å². The van der Waals surface area contributed by atoms with E-state index < -0.39 is 6.10 Å². The second-order valence-electron chi connectivity index (χ2n) is 4.57. The van der Waals surface area contributed by atoms with Gasteiger partial charge in [0, 0.05) is 23.5 Å². The van der Waals surface area contributed by atoms with Crippen LogP contribution >= 0.6 is 0 Å². The molecule has 110 valence electrons. The van der Waals surface area contributed by atoms with E-state index in [0.717, 1.165) is 12.0 Å². The summed E-state index contributed by atoms with van der Waals surface area (Å²) < 4.78 is 5.02. The van der Waals surface area contributed by atoms with Gasteiger partial charge in [-0.3, -0.25) is 4.79 Å². The van der Waals surface area contributed by atoms with Crippen molar-refractivity contribution in [3.63, 3.8) is 0 Å². The predicted molar refractivity (Wildman–Crippen MR) is 80.3 cm³/mol. The van der Waals surface area contributed by atoms with E-state index in [0.29, 0.717) is 23.3 Å². The van der Waals surface area contributed by atoms with Crippen molar-refractivity contribution in [2.75, 3.05) is 12.4 Å².